The number of nitrogens with zero attached hydrogens (tertiary/aromatic N) is 2. The van der Waals surface area contributed by atoms with Crippen LogP contribution in [0.2, 0.25) is 5.15 Å². The minimum absolute atomic E-state index is 0.0994. The normalized spacial score (nSPS) is 11.6. The van der Waals surface area contributed by atoms with Gasteiger partial charge in [-0.3, -0.25) is 9.59 Å². The molecule has 3 rings (SSSR count). The van der Waals surface area contributed by atoms with Crippen LogP contribution < -0.4 is 15.4 Å². The van der Waals surface area contributed by atoms with Crippen molar-refractivity contribution in [1.29, 1.82) is 0 Å². The molecular formula is C29H35ClN4O5S. The van der Waals surface area contributed by atoms with Gasteiger partial charge in [0.2, 0.25) is 11.8 Å². The Morgan fingerprint density at radius 3 is 2.55 bits per heavy atom. The number of carbonyl (C=O) groups excluding carboxylic acids is 2. The summed E-state index contributed by atoms with van der Waals surface area (Å²) in [5.74, 6) is -0.476. The highest BCUT2D eigenvalue weighted by atomic mass is 35.5. The minimum atomic E-state index is -1.05. The number of methoxy groups -OCH3 is 1. The fourth-order valence-corrected chi connectivity index (χ4v) is 4.82. The SMILES string of the molecule is CCCCc1nc(Cl)c(CNC(=O)CNC(=O)C(CS)Cc2ccccc2)n1Cc1ccc(C(=O)O)cc1OC. The summed E-state index contributed by atoms with van der Waals surface area (Å²) in [5.41, 5.74) is 2.50. The Bertz CT molecular complexity index is 1320. The number of benzene rings is 2. The van der Waals surface area contributed by atoms with Gasteiger partial charge in [-0.05, 0) is 30.5 Å². The lowest BCUT2D eigenvalue weighted by atomic mass is 10.0. The second-order valence-electron chi connectivity index (χ2n) is 9.35. The van der Waals surface area contributed by atoms with Gasteiger partial charge in [-0.1, -0.05) is 61.3 Å². The summed E-state index contributed by atoms with van der Waals surface area (Å²) < 4.78 is 7.37. The van der Waals surface area contributed by atoms with Crippen LogP contribution in [0.25, 0.3) is 0 Å². The van der Waals surface area contributed by atoms with Crippen LogP contribution in [0.5, 0.6) is 5.75 Å². The zero-order chi connectivity index (χ0) is 29.1. The highest BCUT2D eigenvalue weighted by Crippen LogP contribution is 2.26. The second-order valence-corrected chi connectivity index (χ2v) is 10.1. The van der Waals surface area contributed by atoms with Gasteiger partial charge < -0.3 is 25.0 Å². The average molecular weight is 587 g/mol. The van der Waals surface area contributed by atoms with E-state index in [1.54, 1.807) is 6.07 Å². The zero-order valence-electron chi connectivity index (χ0n) is 22.7. The third kappa shape index (κ3) is 8.50. The highest BCUT2D eigenvalue weighted by molar-refractivity contribution is 7.80. The third-order valence-corrected chi connectivity index (χ3v) is 7.25. The van der Waals surface area contributed by atoms with E-state index in [2.05, 4.69) is 35.2 Å². The summed E-state index contributed by atoms with van der Waals surface area (Å²) in [6.07, 6.45) is 3.08. The number of ether oxygens (including phenoxy) is 1. The number of hydrogen-bond acceptors (Lipinski definition) is 6. The quantitative estimate of drug-likeness (QED) is 0.198. The molecular weight excluding hydrogens is 552 g/mol. The predicted molar refractivity (Wildman–Crippen MR) is 157 cm³/mol. The third-order valence-electron chi connectivity index (χ3n) is 6.51. The Kier molecular flexibility index (Phi) is 11.9. The zero-order valence-corrected chi connectivity index (χ0v) is 24.3. The lowest BCUT2D eigenvalue weighted by Gasteiger charge is -2.16. The van der Waals surface area contributed by atoms with Crippen molar-refractivity contribution in [1.82, 2.24) is 20.2 Å². The number of imidazole rings is 1. The van der Waals surface area contributed by atoms with Gasteiger partial charge in [0.05, 0.1) is 43.9 Å². The van der Waals surface area contributed by atoms with Gasteiger partial charge in [0.15, 0.2) is 5.15 Å². The molecule has 0 spiro atoms. The van der Waals surface area contributed by atoms with Crippen molar-refractivity contribution in [3.05, 3.63) is 81.9 Å². The Morgan fingerprint density at radius 1 is 1.15 bits per heavy atom. The van der Waals surface area contributed by atoms with Crippen molar-refractivity contribution in [3.8, 4) is 5.75 Å². The number of halogens is 1. The number of aromatic nitrogens is 2. The van der Waals surface area contributed by atoms with E-state index in [9.17, 15) is 19.5 Å². The van der Waals surface area contributed by atoms with Crippen LogP contribution in [0.4, 0.5) is 0 Å². The molecule has 0 bridgehead atoms. The molecule has 40 heavy (non-hydrogen) atoms. The van der Waals surface area contributed by atoms with Crippen molar-refractivity contribution < 1.29 is 24.2 Å². The molecule has 0 aliphatic rings. The molecule has 0 fully saturated rings. The molecule has 0 aliphatic carbocycles. The lowest BCUT2D eigenvalue weighted by molar-refractivity contribution is -0.128. The predicted octanol–water partition coefficient (Wildman–Crippen LogP) is 4.16. The fraction of sp³-hybridized carbons (Fsp3) is 0.379. The molecule has 1 aromatic heterocycles. The van der Waals surface area contributed by atoms with Crippen molar-refractivity contribution in [3.63, 3.8) is 0 Å². The fourth-order valence-electron chi connectivity index (χ4n) is 4.26. The molecule has 0 saturated carbocycles. The number of amides is 2. The summed E-state index contributed by atoms with van der Waals surface area (Å²) in [6, 6.07) is 14.3. The molecule has 3 aromatic rings. The smallest absolute Gasteiger partial charge is 0.335 e. The minimum Gasteiger partial charge on any atom is -0.496 e. The van der Waals surface area contributed by atoms with E-state index in [0.717, 1.165) is 29.8 Å². The van der Waals surface area contributed by atoms with Crippen LogP contribution in [-0.4, -0.2) is 51.8 Å². The molecule has 1 heterocycles. The van der Waals surface area contributed by atoms with Crippen molar-refractivity contribution in [2.75, 3.05) is 19.4 Å². The molecule has 11 heteroatoms. The Hall–Kier alpha value is -3.50. The van der Waals surface area contributed by atoms with E-state index in [-0.39, 0.29) is 41.5 Å². The maximum atomic E-state index is 12.7. The molecule has 1 unspecified atom stereocenters. The Labute approximate surface area is 244 Å². The summed E-state index contributed by atoms with van der Waals surface area (Å²) >= 11 is 10.8. The standard InChI is InChI=1S/C29H35ClN4O5S/c1-3-4-10-25-33-27(30)23(34(25)17-21-12-11-20(29(37)38)14-24(21)39-2)15-31-26(35)16-32-28(36)22(18-40)13-19-8-6-5-7-9-19/h5-9,11-12,14,22,40H,3-4,10,13,15-18H2,1-2H3,(H,31,35)(H,32,36)(H,37,38). The average Bonchev–Trinajstić information content (AvgIpc) is 3.26. The van der Waals surface area contributed by atoms with Crippen LogP contribution in [0.15, 0.2) is 48.5 Å². The molecule has 0 saturated heterocycles. The number of unbranched alkanes of at least 4 members (excludes halogenated alkanes) is 1. The lowest BCUT2D eigenvalue weighted by Crippen LogP contribution is -2.40. The maximum absolute atomic E-state index is 12.7. The van der Waals surface area contributed by atoms with E-state index in [0.29, 0.717) is 36.6 Å². The van der Waals surface area contributed by atoms with Crippen molar-refractivity contribution in [2.24, 2.45) is 5.92 Å². The van der Waals surface area contributed by atoms with Crippen LogP contribution in [0.1, 0.15) is 52.8 Å². The van der Waals surface area contributed by atoms with Gasteiger partial charge in [0.1, 0.15) is 11.6 Å². The summed E-state index contributed by atoms with van der Waals surface area (Å²) in [5, 5.41) is 15.1. The molecule has 0 aliphatic heterocycles. The van der Waals surface area contributed by atoms with Gasteiger partial charge in [0, 0.05) is 17.7 Å². The summed E-state index contributed by atoms with van der Waals surface area (Å²) in [6.45, 7) is 2.32. The first kappa shape index (κ1) is 31.0. The first-order valence-corrected chi connectivity index (χ1v) is 14.1. The van der Waals surface area contributed by atoms with Crippen LogP contribution >= 0.6 is 24.2 Å². The molecule has 9 nitrogen and oxygen atoms in total. The van der Waals surface area contributed by atoms with Crippen LogP contribution in [0, 0.1) is 5.92 Å². The summed E-state index contributed by atoms with van der Waals surface area (Å²) in [4.78, 5) is 41.3. The van der Waals surface area contributed by atoms with Gasteiger partial charge in [-0.15, -0.1) is 0 Å². The van der Waals surface area contributed by atoms with Gasteiger partial charge >= 0.3 is 5.97 Å². The van der Waals surface area contributed by atoms with Gasteiger partial charge in [-0.25, -0.2) is 9.78 Å². The number of aryl methyl sites for hydroxylation is 1. The van der Waals surface area contributed by atoms with E-state index in [4.69, 9.17) is 16.3 Å². The van der Waals surface area contributed by atoms with Gasteiger partial charge in [-0.2, -0.15) is 12.6 Å². The topological polar surface area (TPSA) is 123 Å². The number of thiol groups is 1. The van der Waals surface area contributed by atoms with Crippen LogP contribution in [-0.2, 0) is 35.5 Å². The maximum Gasteiger partial charge on any atom is 0.335 e. The van der Waals surface area contributed by atoms with E-state index >= 15 is 0 Å². The molecule has 2 amide bonds. The summed E-state index contributed by atoms with van der Waals surface area (Å²) in [7, 11) is 1.48. The number of hydrogen-bond donors (Lipinski definition) is 4. The second kappa shape index (κ2) is 15.3. The molecule has 3 N–H and O–H groups in total. The monoisotopic (exact) mass is 586 g/mol. The number of carbonyl (C=O) groups is 3. The molecule has 1 atom stereocenters. The Morgan fingerprint density at radius 2 is 1.90 bits per heavy atom. The molecule has 214 valence electrons. The Balaban J connectivity index is 1.69. The van der Waals surface area contributed by atoms with E-state index in [1.165, 1.54) is 19.2 Å². The first-order valence-electron chi connectivity index (χ1n) is 13.1. The van der Waals surface area contributed by atoms with Gasteiger partial charge in [0.25, 0.3) is 0 Å². The number of nitrogens with one attached hydrogen (secondary N) is 2. The number of rotatable bonds is 15. The number of carboxylic acid groups (broad SMARTS) is 1. The number of aromatic carboxylic acids is 1. The van der Waals surface area contributed by atoms with E-state index < -0.39 is 5.97 Å². The van der Waals surface area contributed by atoms with Crippen molar-refractivity contribution >= 4 is 42.0 Å². The largest absolute Gasteiger partial charge is 0.496 e. The van der Waals surface area contributed by atoms with Crippen LogP contribution in [0.3, 0.4) is 0 Å². The highest BCUT2D eigenvalue weighted by Gasteiger charge is 2.21. The first-order chi connectivity index (χ1) is 19.3. The number of carboxylic acids is 1. The molecule has 0 radical (unpaired) electrons. The van der Waals surface area contributed by atoms with Crippen molar-refractivity contribution in [2.45, 2.75) is 45.7 Å². The molecule has 2 aromatic carbocycles. The van der Waals surface area contributed by atoms with E-state index in [1.807, 2.05) is 34.9 Å².